The minimum Gasteiger partial charge on any atom is -0.333 e. The van der Waals surface area contributed by atoms with Crippen LogP contribution in [0.15, 0.2) is 176 Å². The lowest BCUT2D eigenvalue weighted by Gasteiger charge is -2.42. The van der Waals surface area contributed by atoms with E-state index in [-0.39, 0.29) is 11.9 Å². The van der Waals surface area contributed by atoms with Crippen LogP contribution in [0.2, 0.25) is 10.0 Å². The van der Waals surface area contributed by atoms with E-state index in [0.717, 1.165) is 84.7 Å². The molecule has 7 aromatic carbocycles. The highest BCUT2D eigenvalue weighted by atomic mass is 35.5. The molecule has 2 unspecified atom stereocenters. The molecule has 2 atom stereocenters. The Morgan fingerprint density at radius 1 is 0.540 bits per heavy atom. The molecule has 7 heteroatoms. The predicted octanol–water partition coefficient (Wildman–Crippen LogP) is 12.4. The highest BCUT2D eigenvalue weighted by Crippen LogP contribution is 2.32. The maximum atomic E-state index is 13.3. The summed E-state index contributed by atoms with van der Waals surface area (Å²) >= 11 is 12.8. The number of hydrogen-bond donors (Lipinski definition) is 1. The summed E-state index contributed by atoms with van der Waals surface area (Å²) < 4.78 is 0. The Kier molecular flexibility index (Phi) is 14.9. The molecule has 2 saturated heterocycles. The Hall–Kier alpha value is -5.53. The van der Waals surface area contributed by atoms with Crippen molar-refractivity contribution in [1.29, 1.82) is 0 Å². The van der Waals surface area contributed by atoms with Crippen molar-refractivity contribution in [3.05, 3.63) is 225 Å². The molecule has 0 spiro atoms. The van der Waals surface area contributed by atoms with Gasteiger partial charge in [-0.1, -0.05) is 186 Å². The first-order valence-corrected chi connectivity index (χ1v) is 22.8. The topological polar surface area (TPSA) is 38.8 Å². The van der Waals surface area contributed by atoms with Crippen LogP contribution in [0.3, 0.4) is 0 Å². The van der Waals surface area contributed by atoms with Gasteiger partial charge in [-0.15, -0.1) is 0 Å². The second-order valence-corrected chi connectivity index (χ2v) is 17.7. The van der Waals surface area contributed by atoms with Crippen LogP contribution >= 0.6 is 23.2 Å². The Morgan fingerprint density at radius 3 is 1.57 bits per heavy atom. The van der Waals surface area contributed by atoms with Crippen LogP contribution in [-0.4, -0.2) is 59.9 Å². The summed E-state index contributed by atoms with van der Waals surface area (Å²) in [5, 5.41) is 5.22. The van der Waals surface area contributed by atoms with E-state index in [9.17, 15) is 4.79 Å². The van der Waals surface area contributed by atoms with Gasteiger partial charge in [-0.05, 0) is 77.1 Å². The lowest BCUT2D eigenvalue weighted by molar-refractivity contribution is -0.135. The van der Waals surface area contributed by atoms with Crippen molar-refractivity contribution in [1.82, 2.24) is 20.0 Å². The minimum atomic E-state index is 0.0431. The molecule has 320 valence electrons. The predicted molar refractivity (Wildman–Crippen MR) is 262 cm³/mol. The number of aryl methyl sites for hydroxylation is 2. The summed E-state index contributed by atoms with van der Waals surface area (Å²) in [6.07, 6.45) is 0.438. The molecule has 0 aromatic heterocycles. The molecule has 2 heterocycles. The summed E-state index contributed by atoms with van der Waals surface area (Å²) in [6, 6.07) is 61.5. The van der Waals surface area contributed by atoms with Gasteiger partial charge in [0, 0.05) is 79.6 Å². The van der Waals surface area contributed by atoms with Gasteiger partial charge in [0.15, 0.2) is 0 Å². The number of amides is 1. The van der Waals surface area contributed by atoms with Crippen molar-refractivity contribution in [2.75, 3.05) is 39.3 Å². The summed E-state index contributed by atoms with van der Waals surface area (Å²) in [5.74, 6) is 0.189. The maximum absolute atomic E-state index is 13.3. The zero-order chi connectivity index (χ0) is 43.5. The van der Waals surface area contributed by atoms with Crippen LogP contribution in [-0.2, 0) is 24.3 Å². The highest BCUT2D eigenvalue weighted by molar-refractivity contribution is 6.33. The van der Waals surface area contributed by atoms with Crippen molar-refractivity contribution >= 4 is 29.1 Å². The fourth-order valence-electron chi connectivity index (χ4n) is 8.79. The number of nitrogens with zero attached hydrogens (tertiary/aromatic N) is 3. The average Bonchev–Trinajstić information content (AvgIpc) is 3.32. The van der Waals surface area contributed by atoms with Gasteiger partial charge >= 0.3 is 0 Å². The molecule has 63 heavy (non-hydrogen) atoms. The van der Waals surface area contributed by atoms with E-state index in [1.807, 2.05) is 60.7 Å². The molecular formula is C56H56Cl2N4O. The second-order valence-electron chi connectivity index (χ2n) is 16.9. The number of nitrogens with one attached hydrogen (secondary N) is 1. The molecule has 1 N–H and O–H groups in total. The maximum Gasteiger partial charge on any atom is 0.227 e. The Bertz CT molecular complexity index is 2550. The molecule has 7 aromatic rings. The van der Waals surface area contributed by atoms with E-state index in [2.05, 4.69) is 149 Å². The summed E-state index contributed by atoms with van der Waals surface area (Å²) in [4.78, 5) is 20.4. The monoisotopic (exact) mass is 870 g/mol. The summed E-state index contributed by atoms with van der Waals surface area (Å²) in [7, 11) is 0. The number of carbonyl (C=O) groups excluding carboxylic acids is 1. The molecule has 5 nitrogen and oxygen atoms in total. The summed E-state index contributed by atoms with van der Waals surface area (Å²) in [5.41, 5.74) is 13.1. The van der Waals surface area contributed by atoms with Crippen molar-refractivity contribution in [2.24, 2.45) is 0 Å². The number of benzene rings is 7. The fraction of sp³-hybridized carbons (Fsp3) is 0.232. The van der Waals surface area contributed by atoms with E-state index in [0.29, 0.717) is 12.5 Å². The number of hydrogen-bond acceptors (Lipinski definition) is 4. The molecule has 0 radical (unpaired) electrons. The quantitative estimate of drug-likeness (QED) is 0.149. The van der Waals surface area contributed by atoms with Gasteiger partial charge in [0.2, 0.25) is 5.91 Å². The van der Waals surface area contributed by atoms with Gasteiger partial charge in [0.05, 0.1) is 12.5 Å². The van der Waals surface area contributed by atoms with Gasteiger partial charge in [-0.2, -0.15) is 0 Å². The number of rotatable bonds is 10. The Morgan fingerprint density at radius 2 is 1.03 bits per heavy atom. The molecule has 2 aliphatic heterocycles. The lowest BCUT2D eigenvalue weighted by atomic mass is 9.99. The minimum absolute atomic E-state index is 0.0431. The average molecular weight is 872 g/mol. The number of halogens is 2. The fourth-order valence-corrected chi connectivity index (χ4v) is 9.25. The molecule has 9 rings (SSSR count). The second kappa shape index (κ2) is 21.2. The van der Waals surface area contributed by atoms with Crippen molar-refractivity contribution in [2.45, 2.75) is 45.4 Å². The smallest absolute Gasteiger partial charge is 0.227 e. The van der Waals surface area contributed by atoms with Crippen LogP contribution in [0.5, 0.6) is 0 Å². The SMILES string of the molecule is Cc1ccc(Cl)c(-c2ccc(CN3CCN(C(=O)Cc4ccccc4)C(c4ccccc4)C3)cc2)c1.Cc1ccc(Cl)c(-c2ccc(CN3CCNC(c4ccccc4)C3)cc2)c1. The van der Waals surface area contributed by atoms with Gasteiger partial charge in [-0.25, -0.2) is 0 Å². The normalized spacial score (nSPS) is 16.9. The number of piperazine rings is 2. The molecule has 0 bridgehead atoms. The van der Waals surface area contributed by atoms with E-state index in [4.69, 9.17) is 23.2 Å². The van der Waals surface area contributed by atoms with Gasteiger partial charge in [0.25, 0.3) is 0 Å². The molecule has 1 amide bonds. The molecule has 2 aliphatic rings. The lowest BCUT2D eigenvalue weighted by Crippen LogP contribution is -2.50. The van der Waals surface area contributed by atoms with Crippen LogP contribution in [0.1, 0.15) is 51.0 Å². The zero-order valence-electron chi connectivity index (χ0n) is 36.3. The third-order valence-electron chi connectivity index (χ3n) is 12.2. The van der Waals surface area contributed by atoms with Crippen LogP contribution in [0.4, 0.5) is 0 Å². The van der Waals surface area contributed by atoms with E-state index in [1.165, 1.54) is 38.9 Å². The highest BCUT2D eigenvalue weighted by Gasteiger charge is 2.31. The first-order chi connectivity index (χ1) is 30.8. The number of carbonyl (C=O) groups is 1. The first-order valence-electron chi connectivity index (χ1n) is 22.1. The molecular weight excluding hydrogens is 816 g/mol. The zero-order valence-corrected chi connectivity index (χ0v) is 37.8. The third kappa shape index (κ3) is 11.7. The van der Waals surface area contributed by atoms with Crippen molar-refractivity contribution in [3.8, 4) is 22.3 Å². The van der Waals surface area contributed by atoms with Gasteiger partial charge in [0.1, 0.15) is 0 Å². The van der Waals surface area contributed by atoms with Gasteiger partial charge < -0.3 is 10.2 Å². The van der Waals surface area contributed by atoms with Crippen LogP contribution < -0.4 is 5.32 Å². The molecule has 2 fully saturated rings. The van der Waals surface area contributed by atoms with E-state index >= 15 is 0 Å². The molecule has 0 saturated carbocycles. The van der Waals surface area contributed by atoms with E-state index < -0.39 is 0 Å². The Labute approximate surface area is 383 Å². The van der Waals surface area contributed by atoms with Gasteiger partial charge in [-0.3, -0.25) is 14.6 Å². The van der Waals surface area contributed by atoms with Crippen LogP contribution in [0.25, 0.3) is 22.3 Å². The van der Waals surface area contributed by atoms with Crippen molar-refractivity contribution in [3.63, 3.8) is 0 Å². The van der Waals surface area contributed by atoms with Crippen LogP contribution in [0, 0.1) is 13.8 Å². The molecule has 0 aliphatic carbocycles. The largest absolute Gasteiger partial charge is 0.333 e. The van der Waals surface area contributed by atoms with E-state index in [1.54, 1.807) is 0 Å². The Balaban J connectivity index is 0.000000180. The summed E-state index contributed by atoms with van der Waals surface area (Å²) in [6.45, 7) is 11.6. The first kappa shape index (κ1) is 44.1. The van der Waals surface area contributed by atoms with Crippen molar-refractivity contribution < 1.29 is 4.79 Å². The standard InChI is InChI=1S/C32H31ClN2O.C24H25ClN2/c1-24-12-17-30(33)29(20-24)27-15-13-26(14-16-27)22-34-18-19-35(31(23-34)28-10-6-3-7-11-28)32(36)21-25-8-4-2-5-9-25;1-18-7-12-23(25)22(15-18)20-10-8-19(9-11-20)16-27-14-13-26-24(17-27)21-5-3-2-4-6-21/h2-17,20,31H,18-19,21-23H2,1H3;2-12,15,24,26H,13-14,16-17H2,1H3. The third-order valence-corrected chi connectivity index (χ3v) is 12.9.